The van der Waals surface area contributed by atoms with E-state index in [0.29, 0.717) is 28.9 Å². The second-order valence-electron chi connectivity index (χ2n) is 5.68. The normalized spacial score (nSPS) is 18.5. The molecule has 4 rings (SSSR count). The first-order valence-corrected chi connectivity index (χ1v) is 8.96. The van der Waals surface area contributed by atoms with Crippen LogP contribution in [0.5, 0.6) is 11.5 Å². The highest BCUT2D eigenvalue weighted by molar-refractivity contribution is 7.99. The first-order valence-electron chi connectivity index (χ1n) is 7.98. The topological polar surface area (TPSA) is 100 Å². The molecule has 2 aliphatic heterocycles. The van der Waals surface area contributed by atoms with Gasteiger partial charge in [-0.05, 0) is 35.4 Å². The van der Waals surface area contributed by atoms with Crippen molar-refractivity contribution < 1.29 is 19.0 Å². The fourth-order valence-corrected chi connectivity index (χ4v) is 3.38. The fourth-order valence-electron chi connectivity index (χ4n) is 2.70. The number of carbonyl (C=O) groups excluding carboxylic acids is 1. The quantitative estimate of drug-likeness (QED) is 0.767. The van der Waals surface area contributed by atoms with Gasteiger partial charge in [0.1, 0.15) is 0 Å². The molecule has 1 aromatic carbocycles. The van der Waals surface area contributed by atoms with Crippen molar-refractivity contribution in [2.24, 2.45) is 0 Å². The third kappa shape index (κ3) is 3.85. The predicted molar refractivity (Wildman–Crippen MR) is 88.7 cm³/mol. The standard InChI is InChI=1S/C15H17N5O4S/c21-14(16-10-3-4-12-13(6-10)24-9-23-12)8-25-15-17-18-19-20(15)7-11-2-1-5-22-11/h3-4,6,11H,1-2,5,7-9H2,(H,16,21). The highest BCUT2D eigenvalue weighted by Gasteiger charge is 2.19. The number of thioether (sulfide) groups is 1. The maximum absolute atomic E-state index is 12.2. The Labute approximate surface area is 148 Å². The second-order valence-corrected chi connectivity index (χ2v) is 6.63. The summed E-state index contributed by atoms with van der Waals surface area (Å²) >= 11 is 1.29. The molecule has 1 N–H and O–H groups in total. The smallest absolute Gasteiger partial charge is 0.234 e. The Bertz CT molecular complexity index is 762. The first-order chi connectivity index (χ1) is 12.3. The van der Waals surface area contributed by atoms with Crippen LogP contribution in [0.4, 0.5) is 5.69 Å². The highest BCUT2D eigenvalue weighted by Crippen LogP contribution is 2.34. The van der Waals surface area contributed by atoms with Gasteiger partial charge in [0.25, 0.3) is 0 Å². The van der Waals surface area contributed by atoms with E-state index >= 15 is 0 Å². The van der Waals surface area contributed by atoms with E-state index in [1.807, 2.05) is 0 Å². The molecule has 9 nitrogen and oxygen atoms in total. The minimum Gasteiger partial charge on any atom is -0.454 e. The van der Waals surface area contributed by atoms with Crippen molar-refractivity contribution in [3.63, 3.8) is 0 Å². The summed E-state index contributed by atoms with van der Waals surface area (Å²) in [4.78, 5) is 12.2. The SMILES string of the molecule is O=C(CSc1nnnn1CC1CCCO1)Nc1ccc2c(c1)OCO2. The van der Waals surface area contributed by atoms with Crippen molar-refractivity contribution in [2.45, 2.75) is 30.6 Å². The van der Waals surface area contributed by atoms with Crippen molar-refractivity contribution in [1.82, 2.24) is 20.2 Å². The van der Waals surface area contributed by atoms with Crippen molar-refractivity contribution in [1.29, 1.82) is 0 Å². The Morgan fingerprint density at radius 3 is 3.16 bits per heavy atom. The summed E-state index contributed by atoms with van der Waals surface area (Å²) in [5.74, 6) is 1.38. The summed E-state index contributed by atoms with van der Waals surface area (Å²) in [7, 11) is 0. The van der Waals surface area contributed by atoms with Crippen molar-refractivity contribution in [3.8, 4) is 11.5 Å². The molecule has 0 radical (unpaired) electrons. The average molecular weight is 363 g/mol. The van der Waals surface area contributed by atoms with Gasteiger partial charge in [-0.2, -0.15) is 0 Å². The lowest BCUT2D eigenvalue weighted by Crippen LogP contribution is -2.18. The number of anilines is 1. The molecule has 3 heterocycles. The monoisotopic (exact) mass is 363 g/mol. The van der Waals surface area contributed by atoms with Gasteiger partial charge in [0.05, 0.1) is 18.4 Å². The van der Waals surface area contributed by atoms with Crippen LogP contribution in [0.1, 0.15) is 12.8 Å². The molecule has 0 bridgehead atoms. The molecule has 1 unspecified atom stereocenters. The van der Waals surface area contributed by atoms with Gasteiger partial charge in [-0.3, -0.25) is 4.79 Å². The summed E-state index contributed by atoms with van der Waals surface area (Å²) in [6, 6.07) is 5.29. The van der Waals surface area contributed by atoms with Crippen molar-refractivity contribution in [3.05, 3.63) is 18.2 Å². The Morgan fingerprint density at radius 2 is 2.28 bits per heavy atom. The zero-order valence-electron chi connectivity index (χ0n) is 13.4. The minimum absolute atomic E-state index is 0.143. The number of rotatable bonds is 6. The van der Waals surface area contributed by atoms with Crippen molar-refractivity contribution >= 4 is 23.4 Å². The molecule has 0 aliphatic carbocycles. The molecule has 0 spiro atoms. The molecule has 1 amide bonds. The van der Waals surface area contributed by atoms with Gasteiger partial charge >= 0.3 is 0 Å². The summed E-state index contributed by atoms with van der Waals surface area (Å²) in [6.07, 6.45) is 2.22. The molecule has 2 aliphatic rings. The number of tetrazole rings is 1. The maximum Gasteiger partial charge on any atom is 0.234 e. The van der Waals surface area contributed by atoms with Crippen molar-refractivity contribution in [2.75, 3.05) is 24.5 Å². The number of fused-ring (bicyclic) bond motifs is 1. The number of benzene rings is 1. The summed E-state index contributed by atoms with van der Waals surface area (Å²) in [5.41, 5.74) is 0.661. The zero-order valence-corrected chi connectivity index (χ0v) is 14.2. The van der Waals surface area contributed by atoms with Crippen LogP contribution in [-0.4, -0.2) is 51.4 Å². The van der Waals surface area contributed by atoms with Crippen LogP contribution in [0.15, 0.2) is 23.4 Å². The number of hydrogen-bond donors (Lipinski definition) is 1. The number of amides is 1. The van der Waals surface area contributed by atoms with E-state index in [1.165, 1.54) is 11.8 Å². The largest absolute Gasteiger partial charge is 0.454 e. The zero-order chi connectivity index (χ0) is 17.1. The number of hydrogen-bond acceptors (Lipinski definition) is 8. The molecule has 1 aromatic heterocycles. The van der Waals surface area contributed by atoms with E-state index in [9.17, 15) is 4.79 Å². The molecule has 1 fully saturated rings. The molecule has 10 heteroatoms. The highest BCUT2D eigenvalue weighted by atomic mass is 32.2. The summed E-state index contributed by atoms with van der Waals surface area (Å²) in [6.45, 7) is 1.60. The Kier molecular flexibility index (Phi) is 4.70. The Balaban J connectivity index is 1.31. The third-order valence-electron chi connectivity index (χ3n) is 3.89. The Morgan fingerprint density at radius 1 is 1.36 bits per heavy atom. The van der Waals surface area contributed by atoms with Gasteiger partial charge < -0.3 is 19.5 Å². The van der Waals surface area contributed by atoms with Gasteiger partial charge in [0.15, 0.2) is 11.5 Å². The maximum atomic E-state index is 12.2. The van der Waals surface area contributed by atoms with Gasteiger partial charge in [0.2, 0.25) is 17.9 Å². The van der Waals surface area contributed by atoms with Crippen LogP contribution in [0.3, 0.4) is 0 Å². The number of aromatic nitrogens is 4. The van der Waals surface area contributed by atoms with Gasteiger partial charge in [0, 0.05) is 18.4 Å². The lowest BCUT2D eigenvalue weighted by molar-refractivity contribution is -0.113. The van der Waals surface area contributed by atoms with E-state index in [-0.39, 0.29) is 24.6 Å². The predicted octanol–water partition coefficient (Wildman–Crippen LogP) is 1.31. The number of ether oxygens (including phenoxy) is 3. The third-order valence-corrected chi connectivity index (χ3v) is 4.85. The van der Waals surface area contributed by atoms with E-state index in [1.54, 1.807) is 22.9 Å². The Hall–Kier alpha value is -2.33. The first kappa shape index (κ1) is 16.2. The van der Waals surface area contributed by atoms with Gasteiger partial charge in [-0.25, -0.2) is 4.68 Å². The van der Waals surface area contributed by atoms with Crippen LogP contribution in [0.25, 0.3) is 0 Å². The second kappa shape index (κ2) is 7.28. The minimum atomic E-state index is -0.143. The molecular formula is C15H17N5O4S. The fraction of sp³-hybridized carbons (Fsp3) is 0.467. The van der Waals surface area contributed by atoms with Crippen LogP contribution < -0.4 is 14.8 Å². The molecular weight excluding hydrogens is 346 g/mol. The average Bonchev–Trinajstić information content (AvgIpc) is 3.35. The molecule has 1 atom stereocenters. The van der Waals surface area contributed by atoms with Gasteiger partial charge in [-0.15, -0.1) is 5.10 Å². The molecule has 132 valence electrons. The van der Waals surface area contributed by atoms with Crippen LogP contribution in [0.2, 0.25) is 0 Å². The number of nitrogens with one attached hydrogen (secondary N) is 1. The van der Waals surface area contributed by atoms with E-state index < -0.39 is 0 Å². The number of nitrogens with zero attached hydrogens (tertiary/aromatic N) is 4. The lowest BCUT2D eigenvalue weighted by Gasteiger charge is -2.10. The van der Waals surface area contributed by atoms with Crippen LogP contribution in [0, 0.1) is 0 Å². The van der Waals surface area contributed by atoms with Crippen LogP contribution in [-0.2, 0) is 16.1 Å². The summed E-state index contributed by atoms with van der Waals surface area (Å²) in [5, 5.41) is 15.1. The van der Waals surface area contributed by atoms with Crippen LogP contribution >= 0.6 is 11.8 Å². The van der Waals surface area contributed by atoms with E-state index in [4.69, 9.17) is 14.2 Å². The van der Waals surface area contributed by atoms with E-state index in [0.717, 1.165) is 19.4 Å². The molecule has 0 saturated carbocycles. The molecule has 1 saturated heterocycles. The van der Waals surface area contributed by atoms with E-state index in [2.05, 4.69) is 20.8 Å². The summed E-state index contributed by atoms with van der Waals surface area (Å²) < 4.78 is 17.8. The molecule has 25 heavy (non-hydrogen) atoms. The van der Waals surface area contributed by atoms with Gasteiger partial charge in [-0.1, -0.05) is 11.8 Å². The lowest BCUT2D eigenvalue weighted by atomic mass is 10.2. The number of carbonyl (C=O) groups is 1. The molecule has 2 aromatic rings.